The molecule has 8 heteroatoms. The molecule has 1 N–H and O–H groups in total. The fourth-order valence-electron chi connectivity index (χ4n) is 2.46. The van der Waals surface area contributed by atoms with E-state index < -0.39 is 0 Å². The molecule has 0 radical (unpaired) electrons. The van der Waals surface area contributed by atoms with Gasteiger partial charge in [0.05, 0.1) is 24.1 Å². The third kappa shape index (κ3) is 3.76. The predicted molar refractivity (Wildman–Crippen MR) is 106 cm³/mol. The van der Waals surface area contributed by atoms with Crippen molar-refractivity contribution in [2.24, 2.45) is 0 Å². The van der Waals surface area contributed by atoms with E-state index in [4.69, 9.17) is 4.74 Å². The van der Waals surface area contributed by atoms with Crippen LogP contribution in [0.4, 0.5) is 0 Å². The second-order valence-electron chi connectivity index (χ2n) is 5.48. The molecular formula is C18H19N3O3S2. The highest BCUT2D eigenvalue weighted by Crippen LogP contribution is 2.28. The fraction of sp³-hybridized carbons (Fsp3) is 0.278. The zero-order valence-electron chi connectivity index (χ0n) is 14.5. The van der Waals surface area contributed by atoms with E-state index in [1.807, 2.05) is 36.6 Å². The van der Waals surface area contributed by atoms with Crippen LogP contribution in [0.25, 0.3) is 15.9 Å². The second kappa shape index (κ2) is 8.37. The minimum absolute atomic E-state index is 0.0805. The number of carbonyl (C=O) groups is 1. The fourth-order valence-corrected chi connectivity index (χ4v) is 4.06. The van der Waals surface area contributed by atoms with Crippen molar-refractivity contribution < 1.29 is 9.53 Å². The van der Waals surface area contributed by atoms with Gasteiger partial charge in [0, 0.05) is 6.54 Å². The number of carbonyl (C=O) groups excluding carboxylic acids is 1. The smallest absolute Gasteiger partial charge is 0.276 e. The van der Waals surface area contributed by atoms with Gasteiger partial charge in [0.1, 0.15) is 10.4 Å². The first kappa shape index (κ1) is 18.5. The molecule has 1 aromatic carbocycles. The number of thioether (sulfide) groups is 1. The number of fused-ring (bicyclic) bond motifs is 1. The molecule has 26 heavy (non-hydrogen) atoms. The first-order chi connectivity index (χ1) is 12.7. The summed E-state index contributed by atoms with van der Waals surface area (Å²) in [5.41, 5.74) is 1.09. The van der Waals surface area contributed by atoms with Gasteiger partial charge in [-0.1, -0.05) is 30.8 Å². The number of ether oxygens (including phenoxy) is 1. The molecular weight excluding hydrogens is 370 g/mol. The second-order valence-corrected chi connectivity index (χ2v) is 7.34. The highest BCUT2D eigenvalue weighted by Gasteiger charge is 2.17. The quantitative estimate of drug-likeness (QED) is 0.497. The molecule has 2 heterocycles. The number of methoxy groups -OCH3 is 1. The molecule has 0 saturated heterocycles. The third-order valence-electron chi connectivity index (χ3n) is 3.68. The first-order valence-corrected chi connectivity index (χ1v) is 10.1. The lowest BCUT2D eigenvalue weighted by molar-refractivity contribution is -0.118. The lowest BCUT2D eigenvalue weighted by Crippen LogP contribution is -2.27. The Morgan fingerprint density at radius 2 is 2.15 bits per heavy atom. The minimum Gasteiger partial charge on any atom is -0.495 e. The molecule has 0 aliphatic rings. The van der Waals surface area contributed by atoms with Gasteiger partial charge in [-0.3, -0.25) is 14.2 Å². The lowest BCUT2D eigenvalue weighted by atomic mass is 10.3. The van der Waals surface area contributed by atoms with E-state index in [1.54, 1.807) is 13.2 Å². The Kier molecular flexibility index (Phi) is 5.95. The van der Waals surface area contributed by atoms with Gasteiger partial charge in [-0.2, -0.15) is 0 Å². The molecule has 0 atom stereocenters. The first-order valence-electron chi connectivity index (χ1n) is 8.18. The molecule has 136 valence electrons. The van der Waals surface area contributed by atoms with Gasteiger partial charge >= 0.3 is 0 Å². The van der Waals surface area contributed by atoms with Gasteiger partial charge in [0.2, 0.25) is 5.91 Å². The van der Waals surface area contributed by atoms with Crippen molar-refractivity contribution in [1.29, 1.82) is 0 Å². The molecule has 3 rings (SSSR count). The number of nitrogens with zero attached hydrogens (tertiary/aromatic N) is 2. The number of hydrogen-bond acceptors (Lipinski definition) is 6. The average Bonchev–Trinajstić information content (AvgIpc) is 3.13. The van der Waals surface area contributed by atoms with Crippen LogP contribution in [0.15, 0.2) is 45.7 Å². The maximum absolute atomic E-state index is 13.1. The maximum Gasteiger partial charge on any atom is 0.276 e. The van der Waals surface area contributed by atoms with E-state index in [2.05, 4.69) is 10.3 Å². The SMILES string of the molecule is CCCNC(=O)CSc1nc2ccsc2c(=O)n1-c1ccccc1OC. The summed E-state index contributed by atoms with van der Waals surface area (Å²) in [6.45, 7) is 2.63. The Hall–Kier alpha value is -2.32. The van der Waals surface area contributed by atoms with Crippen LogP contribution >= 0.6 is 23.1 Å². The zero-order chi connectivity index (χ0) is 18.5. The number of amides is 1. The van der Waals surface area contributed by atoms with Crippen LogP contribution in [0.2, 0.25) is 0 Å². The summed E-state index contributed by atoms with van der Waals surface area (Å²) in [7, 11) is 1.56. The van der Waals surface area contributed by atoms with Crippen molar-refractivity contribution in [2.75, 3.05) is 19.4 Å². The van der Waals surface area contributed by atoms with Crippen molar-refractivity contribution in [2.45, 2.75) is 18.5 Å². The summed E-state index contributed by atoms with van der Waals surface area (Å²) in [5.74, 6) is 0.685. The molecule has 0 saturated carbocycles. The van der Waals surface area contributed by atoms with Crippen LogP contribution in [0, 0.1) is 0 Å². The van der Waals surface area contributed by atoms with Gasteiger partial charge in [-0.15, -0.1) is 11.3 Å². The molecule has 2 aromatic heterocycles. The normalized spacial score (nSPS) is 10.8. The van der Waals surface area contributed by atoms with E-state index in [0.717, 1.165) is 6.42 Å². The Balaban J connectivity index is 2.06. The van der Waals surface area contributed by atoms with Crippen molar-refractivity contribution in [3.05, 3.63) is 46.1 Å². The maximum atomic E-state index is 13.1. The number of hydrogen-bond donors (Lipinski definition) is 1. The summed E-state index contributed by atoms with van der Waals surface area (Å²) in [6.07, 6.45) is 0.876. The Morgan fingerprint density at radius 3 is 2.92 bits per heavy atom. The van der Waals surface area contributed by atoms with E-state index >= 15 is 0 Å². The van der Waals surface area contributed by atoms with Gasteiger partial charge in [-0.05, 0) is 30.0 Å². The number of rotatable bonds is 7. The minimum atomic E-state index is -0.161. The molecule has 0 unspecified atom stereocenters. The van der Waals surface area contributed by atoms with Crippen LogP contribution in [0.1, 0.15) is 13.3 Å². The van der Waals surface area contributed by atoms with Gasteiger partial charge < -0.3 is 10.1 Å². The number of para-hydroxylation sites is 2. The van der Waals surface area contributed by atoms with Gasteiger partial charge in [-0.25, -0.2) is 4.98 Å². The monoisotopic (exact) mass is 389 g/mol. The molecule has 0 aliphatic heterocycles. The van der Waals surface area contributed by atoms with Crippen LogP contribution < -0.4 is 15.6 Å². The highest BCUT2D eigenvalue weighted by atomic mass is 32.2. The molecule has 0 aliphatic carbocycles. The van der Waals surface area contributed by atoms with E-state index in [9.17, 15) is 9.59 Å². The van der Waals surface area contributed by atoms with Crippen LogP contribution in [-0.4, -0.2) is 34.9 Å². The lowest BCUT2D eigenvalue weighted by Gasteiger charge is -2.14. The standard InChI is InChI=1S/C18H19N3O3S2/c1-3-9-19-15(22)11-26-18-20-12-8-10-25-16(12)17(23)21(18)13-6-4-5-7-14(13)24-2/h4-8,10H,3,9,11H2,1-2H3,(H,19,22). The average molecular weight is 390 g/mol. The number of benzene rings is 1. The molecule has 0 fully saturated rings. The molecule has 0 spiro atoms. The predicted octanol–water partition coefficient (Wildman–Crippen LogP) is 3.07. The van der Waals surface area contributed by atoms with Crippen molar-refractivity contribution >= 4 is 39.2 Å². The van der Waals surface area contributed by atoms with Crippen molar-refractivity contribution in [3.8, 4) is 11.4 Å². The molecule has 1 amide bonds. The Bertz CT molecular complexity index is 981. The van der Waals surface area contributed by atoms with Crippen LogP contribution in [0.3, 0.4) is 0 Å². The van der Waals surface area contributed by atoms with Crippen molar-refractivity contribution in [1.82, 2.24) is 14.9 Å². The highest BCUT2D eigenvalue weighted by molar-refractivity contribution is 7.99. The van der Waals surface area contributed by atoms with E-state index in [0.29, 0.717) is 33.4 Å². The van der Waals surface area contributed by atoms with E-state index in [-0.39, 0.29) is 17.2 Å². The third-order valence-corrected chi connectivity index (χ3v) is 5.51. The van der Waals surface area contributed by atoms with Gasteiger partial charge in [0.25, 0.3) is 5.56 Å². The summed E-state index contributed by atoms with van der Waals surface area (Å²) in [4.78, 5) is 29.6. The van der Waals surface area contributed by atoms with Gasteiger partial charge in [0.15, 0.2) is 5.16 Å². The number of aromatic nitrogens is 2. The Morgan fingerprint density at radius 1 is 1.35 bits per heavy atom. The topological polar surface area (TPSA) is 73.2 Å². The van der Waals surface area contributed by atoms with Crippen LogP contribution in [-0.2, 0) is 4.79 Å². The summed E-state index contributed by atoms with van der Waals surface area (Å²) >= 11 is 2.60. The zero-order valence-corrected chi connectivity index (χ0v) is 16.2. The number of thiophene rings is 1. The van der Waals surface area contributed by atoms with E-state index in [1.165, 1.54) is 27.7 Å². The van der Waals surface area contributed by atoms with Crippen LogP contribution in [0.5, 0.6) is 5.75 Å². The Labute approximate surface area is 159 Å². The summed E-state index contributed by atoms with van der Waals surface area (Å²) in [5, 5.41) is 5.14. The van der Waals surface area contributed by atoms with Crippen molar-refractivity contribution in [3.63, 3.8) is 0 Å². The molecule has 3 aromatic rings. The largest absolute Gasteiger partial charge is 0.495 e. The molecule has 6 nitrogen and oxygen atoms in total. The summed E-state index contributed by atoms with van der Waals surface area (Å²) in [6, 6.07) is 9.10. The number of nitrogens with one attached hydrogen (secondary N) is 1. The molecule has 0 bridgehead atoms. The summed E-state index contributed by atoms with van der Waals surface area (Å²) < 4.78 is 7.51.